The lowest BCUT2D eigenvalue weighted by molar-refractivity contribution is 0.0523. The molecule has 0 amide bonds. The van der Waals surface area contributed by atoms with Crippen LogP contribution in [-0.2, 0) is 18.3 Å². The number of hydrogen-bond acceptors (Lipinski definition) is 5. The van der Waals surface area contributed by atoms with Crippen LogP contribution in [0.4, 0.5) is 0 Å². The summed E-state index contributed by atoms with van der Waals surface area (Å²) in [6.07, 6.45) is 5.19. The van der Waals surface area contributed by atoms with Crippen LogP contribution in [0.3, 0.4) is 0 Å². The fourth-order valence-electron chi connectivity index (χ4n) is 3.26. The third-order valence-electron chi connectivity index (χ3n) is 4.44. The summed E-state index contributed by atoms with van der Waals surface area (Å²) in [6.45, 7) is 3.60. The highest BCUT2D eigenvalue weighted by Gasteiger charge is 2.30. The van der Waals surface area contributed by atoms with Crippen LogP contribution in [0.25, 0.3) is 0 Å². The summed E-state index contributed by atoms with van der Waals surface area (Å²) in [7, 11) is 3.96. The van der Waals surface area contributed by atoms with Crippen molar-refractivity contribution in [1.82, 2.24) is 14.7 Å². The van der Waals surface area contributed by atoms with Gasteiger partial charge in [0, 0.05) is 19.6 Å². The van der Waals surface area contributed by atoms with Gasteiger partial charge in [-0.3, -0.25) is 9.58 Å². The molecule has 1 heterocycles. The SMILES string of the molecule is CCOC(=O)c1cnn(C)c1CN(C)C1CCCC1CN. The number of carbonyl (C=O) groups is 1. The van der Waals surface area contributed by atoms with Gasteiger partial charge in [0.05, 0.1) is 18.5 Å². The van der Waals surface area contributed by atoms with E-state index in [0.29, 0.717) is 30.7 Å². The fraction of sp³-hybridized carbons (Fsp3) is 0.733. The van der Waals surface area contributed by atoms with Gasteiger partial charge in [-0.1, -0.05) is 6.42 Å². The molecule has 1 aliphatic rings. The van der Waals surface area contributed by atoms with Gasteiger partial charge in [-0.2, -0.15) is 5.10 Å². The summed E-state index contributed by atoms with van der Waals surface area (Å²) < 4.78 is 6.86. The molecule has 1 aliphatic carbocycles. The maximum Gasteiger partial charge on any atom is 0.341 e. The molecule has 6 heteroatoms. The molecular formula is C15H26N4O2. The van der Waals surface area contributed by atoms with Crippen molar-refractivity contribution in [1.29, 1.82) is 0 Å². The van der Waals surface area contributed by atoms with Crippen molar-refractivity contribution in [2.75, 3.05) is 20.2 Å². The first kappa shape index (κ1) is 16.0. The third kappa shape index (κ3) is 3.44. The highest BCUT2D eigenvalue weighted by molar-refractivity contribution is 5.90. The molecule has 118 valence electrons. The minimum Gasteiger partial charge on any atom is -0.462 e. The minimum absolute atomic E-state index is 0.296. The summed E-state index contributed by atoms with van der Waals surface area (Å²) in [4.78, 5) is 14.3. The Balaban J connectivity index is 2.11. The summed E-state index contributed by atoms with van der Waals surface area (Å²) in [5.41, 5.74) is 7.33. The predicted octanol–water partition coefficient (Wildman–Crippen LogP) is 1.16. The van der Waals surface area contributed by atoms with Gasteiger partial charge in [0.25, 0.3) is 0 Å². The van der Waals surface area contributed by atoms with E-state index in [0.717, 1.165) is 12.2 Å². The zero-order valence-electron chi connectivity index (χ0n) is 13.2. The Bertz CT molecular complexity index is 486. The smallest absolute Gasteiger partial charge is 0.341 e. The van der Waals surface area contributed by atoms with Crippen LogP contribution >= 0.6 is 0 Å². The number of esters is 1. The first-order chi connectivity index (χ1) is 10.1. The van der Waals surface area contributed by atoms with Crippen LogP contribution in [0.15, 0.2) is 6.20 Å². The summed E-state index contributed by atoms with van der Waals surface area (Å²) >= 11 is 0. The Labute approximate surface area is 126 Å². The molecule has 0 aromatic carbocycles. The molecule has 0 bridgehead atoms. The second-order valence-electron chi connectivity index (χ2n) is 5.76. The van der Waals surface area contributed by atoms with Crippen LogP contribution in [0.2, 0.25) is 0 Å². The van der Waals surface area contributed by atoms with Crippen molar-refractivity contribution in [3.8, 4) is 0 Å². The van der Waals surface area contributed by atoms with E-state index in [1.807, 2.05) is 14.0 Å². The zero-order chi connectivity index (χ0) is 15.4. The molecule has 2 atom stereocenters. The van der Waals surface area contributed by atoms with E-state index in [2.05, 4.69) is 17.0 Å². The lowest BCUT2D eigenvalue weighted by atomic mass is 10.0. The van der Waals surface area contributed by atoms with Crippen LogP contribution in [0.1, 0.15) is 42.2 Å². The van der Waals surface area contributed by atoms with E-state index in [1.165, 1.54) is 19.3 Å². The number of nitrogens with zero attached hydrogens (tertiary/aromatic N) is 3. The number of aryl methyl sites for hydroxylation is 1. The highest BCUT2D eigenvalue weighted by Crippen LogP contribution is 2.29. The first-order valence-electron chi connectivity index (χ1n) is 7.66. The van der Waals surface area contributed by atoms with Gasteiger partial charge in [0.1, 0.15) is 5.56 Å². The second kappa shape index (κ2) is 7.04. The minimum atomic E-state index is -0.296. The van der Waals surface area contributed by atoms with E-state index >= 15 is 0 Å². The van der Waals surface area contributed by atoms with Crippen molar-refractivity contribution >= 4 is 5.97 Å². The van der Waals surface area contributed by atoms with Crippen molar-refractivity contribution in [2.24, 2.45) is 18.7 Å². The normalized spacial score (nSPS) is 22.0. The lowest BCUT2D eigenvalue weighted by Gasteiger charge is -2.29. The number of carbonyl (C=O) groups excluding carboxylic acids is 1. The maximum atomic E-state index is 12.0. The number of nitrogens with two attached hydrogens (primary N) is 1. The number of hydrogen-bond donors (Lipinski definition) is 1. The van der Waals surface area contributed by atoms with Crippen LogP contribution < -0.4 is 5.73 Å². The van der Waals surface area contributed by atoms with Crippen molar-refractivity contribution in [3.63, 3.8) is 0 Å². The Morgan fingerprint density at radius 1 is 1.57 bits per heavy atom. The molecule has 1 aromatic heterocycles. The molecule has 21 heavy (non-hydrogen) atoms. The molecule has 0 radical (unpaired) electrons. The predicted molar refractivity (Wildman–Crippen MR) is 80.8 cm³/mol. The molecular weight excluding hydrogens is 268 g/mol. The molecule has 2 unspecified atom stereocenters. The quantitative estimate of drug-likeness (QED) is 0.797. The number of aromatic nitrogens is 2. The Morgan fingerprint density at radius 2 is 2.33 bits per heavy atom. The van der Waals surface area contributed by atoms with Gasteiger partial charge >= 0.3 is 5.97 Å². The monoisotopic (exact) mass is 294 g/mol. The first-order valence-corrected chi connectivity index (χ1v) is 7.66. The lowest BCUT2D eigenvalue weighted by Crippen LogP contribution is -2.38. The van der Waals surface area contributed by atoms with E-state index in [4.69, 9.17) is 10.5 Å². The molecule has 0 saturated heterocycles. The van der Waals surface area contributed by atoms with Gasteiger partial charge < -0.3 is 10.5 Å². The molecule has 2 N–H and O–H groups in total. The Hall–Kier alpha value is -1.40. The van der Waals surface area contributed by atoms with Crippen molar-refractivity contribution in [2.45, 2.75) is 38.8 Å². The van der Waals surface area contributed by atoms with Crippen LogP contribution in [0, 0.1) is 5.92 Å². The molecule has 1 saturated carbocycles. The fourth-order valence-corrected chi connectivity index (χ4v) is 3.26. The Kier molecular flexibility index (Phi) is 5.36. The number of rotatable bonds is 6. The van der Waals surface area contributed by atoms with E-state index in [9.17, 15) is 4.79 Å². The summed E-state index contributed by atoms with van der Waals surface area (Å²) in [6, 6.07) is 0.486. The van der Waals surface area contributed by atoms with Gasteiger partial charge in [-0.25, -0.2) is 4.79 Å². The van der Waals surface area contributed by atoms with Crippen LogP contribution in [0.5, 0.6) is 0 Å². The Morgan fingerprint density at radius 3 is 3.00 bits per heavy atom. The molecule has 0 aliphatic heterocycles. The van der Waals surface area contributed by atoms with Gasteiger partial charge in [0.2, 0.25) is 0 Å². The van der Waals surface area contributed by atoms with Crippen molar-refractivity contribution < 1.29 is 9.53 Å². The van der Waals surface area contributed by atoms with Crippen LogP contribution in [-0.4, -0.2) is 46.9 Å². The molecule has 1 aromatic rings. The molecule has 1 fully saturated rings. The van der Waals surface area contributed by atoms with E-state index < -0.39 is 0 Å². The molecule has 0 spiro atoms. The summed E-state index contributed by atoms with van der Waals surface area (Å²) in [5, 5.41) is 4.20. The number of ether oxygens (including phenoxy) is 1. The van der Waals surface area contributed by atoms with Gasteiger partial charge in [-0.15, -0.1) is 0 Å². The van der Waals surface area contributed by atoms with E-state index in [1.54, 1.807) is 10.9 Å². The van der Waals surface area contributed by atoms with Gasteiger partial charge in [0.15, 0.2) is 0 Å². The second-order valence-corrected chi connectivity index (χ2v) is 5.76. The average molecular weight is 294 g/mol. The average Bonchev–Trinajstić information content (AvgIpc) is 3.06. The van der Waals surface area contributed by atoms with Crippen molar-refractivity contribution in [3.05, 3.63) is 17.5 Å². The largest absolute Gasteiger partial charge is 0.462 e. The molecule has 2 rings (SSSR count). The topological polar surface area (TPSA) is 73.4 Å². The molecule has 6 nitrogen and oxygen atoms in total. The third-order valence-corrected chi connectivity index (χ3v) is 4.44. The van der Waals surface area contributed by atoms with Gasteiger partial charge in [-0.05, 0) is 39.3 Å². The maximum absolute atomic E-state index is 12.0. The van der Waals surface area contributed by atoms with E-state index in [-0.39, 0.29) is 5.97 Å². The zero-order valence-corrected chi connectivity index (χ0v) is 13.2. The highest BCUT2D eigenvalue weighted by atomic mass is 16.5. The summed E-state index contributed by atoms with van der Waals surface area (Å²) in [5.74, 6) is 0.255. The standard InChI is InChI=1S/C15H26N4O2/c1-4-21-15(20)12-9-17-19(3)14(12)10-18(2)13-7-5-6-11(13)8-16/h9,11,13H,4-8,10,16H2,1-3H3.